The molecule has 0 saturated heterocycles. The van der Waals surface area contributed by atoms with E-state index in [4.69, 9.17) is 0 Å². The molecule has 0 aliphatic rings. The molecule has 1 nitrogen and oxygen atoms in total. The molecule has 0 spiro atoms. The van der Waals surface area contributed by atoms with Crippen molar-refractivity contribution in [2.75, 3.05) is 0 Å². The van der Waals surface area contributed by atoms with E-state index in [1.807, 2.05) is 0 Å². The minimum Gasteiger partial charge on any atom is -0.867 e. The van der Waals surface area contributed by atoms with Gasteiger partial charge in [0.05, 0.1) is 0 Å². The van der Waals surface area contributed by atoms with Crippen LogP contribution in [0.3, 0.4) is 0 Å². The predicted octanol–water partition coefficient (Wildman–Crippen LogP) is -2.67. The molecule has 0 fully saturated rings. The van der Waals surface area contributed by atoms with Crippen molar-refractivity contribution in [1.82, 2.24) is 0 Å². The first-order chi connectivity index (χ1) is 2.64. The maximum absolute atomic E-state index is 9.96. The Labute approximate surface area is 71.4 Å². The first-order valence-electron chi connectivity index (χ1n) is 1.85. The van der Waals surface area contributed by atoms with Crippen LogP contribution in [0.15, 0.2) is 0 Å². The summed E-state index contributed by atoms with van der Waals surface area (Å²) in [6.45, 7) is 3.57. The molecule has 0 aliphatic carbocycles. The summed E-state index contributed by atoms with van der Waals surface area (Å²) in [5.74, 6) is 0.0278. The van der Waals surface area contributed by atoms with Crippen molar-refractivity contribution < 1.29 is 34.7 Å². The fraction of sp³-hybridized carbons (Fsp3) is 0.750. The van der Waals surface area contributed by atoms with Gasteiger partial charge in [0.25, 0.3) is 0 Å². The van der Waals surface area contributed by atoms with E-state index < -0.39 is 0 Å². The number of rotatable bonds is 1. The SMILES string of the molecule is CC(C)C([O-])=S.[Na+]. The zero-order valence-electron chi connectivity index (χ0n) is 4.89. The van der Waals surface area contributed by atoms with E-state index in [0.29, 0.717) is 0 Å². The molecule has 0 rings (SSSR count). The average molecular weight is 126 g/mol. The molecule has 0 radical (unpaired) electrons. The Morgan fingerprint density at radius 3 is 1.71 bits per heavy atom. The Hall–Kier alpha value is 0.890. The van der Waals surface area contributed by atoms with Crippen LogP contribution < -0.4 is 34.7 Å². The molecule has 0 aromatic heterocycles. The van der Waals surface area contributed by atoms with E-state index in [-0.39, 0.29) is 40.5 Å². The predicted molar refractivity (Wildman–Crippen MR) is 27.4 cm³/mol. The number of hydrogen-bond donors (Lipinski definition) is 0. The van der Waals surface area contributed by atoms with Gasteiger partial charge in [-0.3, -0.25) is 0 Å². The van der Waals surface area contributed by atoms with Gasteiger partial charge in [-0.05, 0) is 5.92 Å². The van der Waals surface area contributed by atoms with Gasteiger partial charge in [-0.2, -0.15) is 0 Å². The Bertz CT molecular complexity index is 62.7. The van der Waals surface area contributed by atoms with Crippen LogP contribution in [0.1, 0.15) is 13.8 Å². The Balaban J connectivity index is 0. The smallest absolute Gasteiger partial charge is 0.867 e. The van der Waals surface area contributed by atoms with Crippen molar-refractivity contribution >= 4 is 17.3 Å². The van der Waals surface area contributed by atoms with E-state index in [1.165, 1.54) is 0 Å². The molecular formula is C4H7NaOS. The molecule has 0 saturated carbocycles. The van der Waals surface area contributed by atoms with Crippen LogP contribution in [0.4, 0.5) is 0 Å². The van der Waals surface area contributed by atoms with Gasteiger partial charge in [0.1, 0.15) is 0 Å². The van der Waals surface area contributed by atoms with Gasteiger partial charge in [0, 0.05) is 0 Å². The standard InChI is InChI=1S/C4H8OS.Na/c1-3(2)4(5)6;/h3H,1-2H3,(H,5,6);/q;+1/p-1. The minimum atomic E-state index is -0.157. The monoisotopic (exact) mass is 126 g/mol. The molecule has 0 atom stereocenters. The summed E-state index contributed by atoms with van der Waals surface area (Å²) in [6, 6.07) is 0. The topological polar surface area (TPSA) is 23.1 Å². The second-order valence-electron chi connectivity index (χ2n) is 1.47. The van der Waals surface area contributed by atoms with Crippen LogP contribution in [0.2, 0.25) is 0 Å². The molecule has 7 heavy (non-hydrogen) atoms. The van der Waals surface area contributed by atoms with E-state index in [9.17, 15) is 5.11 Å². The first kappa shape index (κ1) is 10.8. The average Bonchev–Trinajstić information content (AvgIpc) is 1.36. The van der Waals surface area contributed by atoms with Crippen molar-refractivity contribution in [3.05, 3.63) is 0 Å². The molecule has 0 aromatic rings. The summed E-state index contributed by atoms with van der Waals surface area (Å²) in [5.41, 5.74) is 0. The Kier molecular flexibility index (Phi) is 7.77. The van der Waals surface area contributed by atoms with Gasteiger partial charge in [-0.15, -0.1) is 12.2 Å². The molecule has 0 aliphatic heterocycles. The zero-order valence-corrected chi connectivity index (χ0v) is 7.71. The summed E-state index contributed by atoms with van der Waals surface area (Å²) in [7, 11) is 0. The van der Waals surface area contributed by atoms with Crippen LogP contribution in [-0.2, 0) is 0 Å². The normalized spacial score (nSPS) is 7.86. The molecule has 0 unspecified atom stereocenters. The van der Waals surface area contributed by atoms with Crippen LogP contribution in [0.25, 0.3) is 0 Å². The third kappa shape index (κ3) is 6.89. The van der Waals surface area contributed by atoms with Crippen LogP contribution >= 0.6 is 12.2 Å². The van der Waals surface area contributed by atoms with E-state index in [0.717, 1.165) is 0 Å². The van der Waals surface area contributed by atoms with Crippen molar-refractivity contribution in [2.45, 2.75) is 13.8 Å². The summed E-state index contributed by atoms with van der Waals surface area (Å²) >= 11 is 4.26. The fourth-order valence-corrected chi connectivity index (χ4v) is 0. The van der Waals surface area contributed by atoms with Crippen molar-refractivity contribution in [3.63, 3.8) is 0 Å². The van der Waals surface area contributed by atoms with Crippen molar-refractivity contribution in [3.8, 4) is 0 Å². The Morgan fingerprint density at radius 1 is 1.57 bits per heavy atom. The third-order valence-corrected chi connectivity index (χ3v) is 0.943. The molecule has 0 amide bonds. The second-order valence-corrected chi connectivity index (χ2v) is 1.88. The van der Waals surface area contributed by atoms with Gasteiger partial charge in [-0.1, -0.05) is 18.9 Å². The maximum Gasteiger partial charge on any atom is 1.00 e. The Morgan fingerprint density at radius 2 is 1.71 bits per heavy atom. The third-order valence-electron chi connectivity index (χ3n) is 0.471. The molecular weight excluding hydrogens is 119 g/mol. The minimum absolute atomic E-state index is 0. The van der Waals surface area contributed by atoms with Crippen LogP contribution in [-0.4, -0.2) is 5.05 Å². The van der Waals surface area contributed by atoms with Crippen LogP contribution in [0.5, 0.6) is 0 Å². The van der Waals surface area contributed by atoms with Gasteiger partial charge in [0.15, 0.2) is 0 Å². The van der Waals surface area contributed by atoms with Gasteiger partial charge >= 0.3 is 29.6 Å². The number of hydrogen-bond acceptors (Lipinski definition) is 2. The maximum atomic E-state index is 9.96. The van der Waals surface area contributed by atoms with E-state index in [1.54, 1.807) is 13.8 Å². The quantitative estimate of drug-likeness (QED) is 0.282. The fourth-order valence-electron chi connectivity index (χ4n) is 0. The summed E-state index contributed by atoms with van der Waals surface area (Å²) in [4.78, 5) is 0. The first-order valence-corrected chi connectivity index (χ1v) is 2.26. The van der Waals surface area contributed by atoms with Gasteiger partial charge in [0.2, 0.25) is 0 Å². The molecule has 0 N–H and O–H groups in total. The van der Waals surface area contributed by atoms with Crippen molar-refractivity contribution in [1.29, 1.82) is 0 Å². The summed E-state index contributed by atoms with van der Waals surface area (Å²) < 4.78 is 0. The summed E-state index contributed by atoms with van der Waals surface area (Å²) in [6.07, 6.45) is 0. The summed E-state index contributed by atoms with van der Waals surface area (Å²) in [5, 5.41) is 9.80. The molecule has 0 bridgehead atoms. The number of thiocarbonyl (C=S) groups is 1. The van der Waals surface area contributed by atoms with Gasteiger partial charge in [-0.25, -0.2) is 0 Å². The van der Waals surface area contributed by atoms with Gasteiger partial charge < -0.3 is 5.11 Å². The molecule has 36 valence electrons. The second kappa shape index (κ2) is 5.04. The largest absolute Gasteiger partial charge is 1.00 e. The molecule has 3 heteroatoms. The van der Waals surface area contributed by atoms with E-state index in [2.05, 4.69) is 12.2 Å². The molecule has 0 heterocycles. The zero-order chi connectivity index (χ0) is 5.15. The van der Waals surface area contributed by atoms with Crippen molar-refractivity contribution in [2.24, 2.45) is 5.92 Å². The molecule has 0 aromatic carbocycles. The van der Waals surface area contributed by atoms with Crippen LogP contribution in [0, 0.1) is 5.92 Å². The van der Waals surface area contributed by atoms with E-state index >= 15 is 0 Å².